The molecule has 3 nitrogen and oxygen atoms in total. The van der Waals surface area contributed by atoms with Gasteiger partial charge in [-0.25, -0.2) is 0 Å². The first kappa shape index (κ1) is 26.7. The molecule has 0 saturated heterocycles. The number of aliphatic hydroxyl groups is 3. The number of fused-ring (bicyclic) bond motifs is 1. The maximum Gasteiger partial charge on any atom is 0.0811 e. The molecule has 0 aliphatic heterocycles. The fourth-order valence-corrected chi connectivity index (χ4v) is 7.64. The van der Waals surface area contributed by atoms with Gasteiger partial charge in [0.25, 0.3) is 0 Å². The van der Waals surface area contributed by atoms with Crippen LogP contribution in [0.3, 0.4) is 0 Å². The molecule has 33 heavy (non-hydrogen) atoms. The van der Waals surface area contributed by atoms with E-state index >= 15 is 0 Å². The van der Waals surface area contributed by atoms with Gasteiger partial charge < -0.3 is 15.3 Å². The number of aliphatic hydroxyl groups excluding tert-OH is 2. The lowest BCUT2D eigenvalue weighted by Crippen LogP contribution is -2.40. The van der Waals surface area contributed by atoms with E-state index in [-0.39, 0.29) is 5.41 Å². The minimum atomic E-state index is -0.621. The summed E-state index contributed by atoms with van der Waals surface area (Å²) in [7, 11) is 0. The predicted octanol–water partition coefficient (Wildman–Crippen LogP) is 6.88. The number of hydrogen-bond acceptors (Lipinski definition) is 3. The van der Waals surface area contributed by atoms with Crippen LogP contribution in [0, 0.1) is 22.7 Å². The van der Waals surface area contributed by atoms with Crippen LogP contribution < -0.4 is 0 Å². The average molecular weight is 459 g/mol. The van der Waals surface area contributed by atoms with Crippen LogP contribution in [-0.2, 0) is 0 Å². The van der Waals surface area contributed by atoms with E-state index in [1.807, 2.05) is 0 Å². The van der Waals surface area contributed by atoms with E-state index in [1.54, 1.807) is 5.57 Å². The van der Waals surface area contributed by atoms with Crippen molar-refractivity contribution in [2.45, 2.75) is 129 Å². The molecule has 3 aliphatic rings. The van der Waals surface area contributed by atoms with Crippen LogP contribution in [0.2, 0.25) is 0 Å². The third-order valence-corrected chi connectivity index (χ3v) is 9.95. The van der Waals surface area contributed by atoms with Crippen molar-refractivity contribution in [2.24, 2.45) is 22.7 Å². The summed E-state index contributed by atoms with van der Waals surface area (Å²) in [6.07, 6.45) is 15.5. The van der Waals surface area contributed by atoms with Crippen LogP contribution in [0.1, 0.15) is 112 Å². The van der Waals surface area contributed by atoms with Crippen molar-refractivity contribution in [3.8, 4) is 0 Å². The summed E-state index contributed by atoms with van der Waals surface area (Å²) in [6, 6.07) is 0. The highest BCUT2D eigenvalue weighted by atomic mass is 16.3. The Morgan fingerprint density at radius 3 is 2.45 bits per heavy atom. The summed E-state index contributed by atoms with van der Waals surface area (Å²) >= 11 is 0. The maximum absolute atomic E-state index is 10.7. The molecule has 188 valence electrons. The lowest BCUT2D eigenvalue weighted by atomic mass is 9.57. The molecule has 3 fully saturated rings. The Morgan fingerprint density at radius 2 is 1.79 bits per heavy atom. The van der Waals surface area contributed by atoms with Crippen LogP contribution in [-0.4, -0.2) is 33.1 Å². The summed E-state index contributed by atoms with van der Waals surface area (Å²) < 4.78 is 0. The van der Waals surface area contributed by atoms with Crippen molar-refractivity contribution >= 4 is 0 Å². The Hall–Kier alpha value is -0.900. The van der Waals surface area contributed by atoms with E-state index in [1.165, 1.54) is 32.1 Å². The van der Waals surface area contributed by atoms with Gasteiger partial charge in [0.15, 0.2) is 0 Å². The van der Waals surface area contributed by atoms with E-state index in [0.717, 1.165) is 43.3 Å². The molecular weight excluding hydrogens is 408 g/mol. The first-order valence-corrected chi connectivity index (χ1v) is 13.6. The number of allylic oxidation sites excluding steroid dienone is 3. The van der Waals surface area contributed by atoms with Crippen LogP contribution in [0.4, 0.5) is 0 Å². The van der Waals surface area contributed by atoms with Gasteiger partial charge in [-0.2, -0.15) is 0 Å². The summed E-state index contributed by atoms with van der Waals surface area (Å²) in [5, 5.41) is 31.0. The van der Waals surface area contributed by atoms with E-state index in [4.69, 9.17) is 0 Å². The van der Waals surface area contributed by atoms with Gasteiger partial charge in [-0.1, -0.05) is 65.3 Å². The second-order valence-corrected chi connectivity index (χ2v) is 12.4. The van der Waals surface area contributed by atoms with E-state index in [2.05, 4.69) is 53.3 Å². The van der Waals surface area contributed by atoms with Crippen molar-refractivity contribution in [3.63, 3.8) is 0 Å². The van der Waals surface area contributed by atoms with Gasteiger partial charge in [0.2, 0.25) is 0 Å². The molecule has 0 bridgehead atoms. The Morgan fingerprint density at radius 1 is 1.09 bits per heavy atom. The standard InChI is InChI=1S/C30H50O3/c1-7-30(33,8-2)18-10-16-28(4,5)27-15-14-25-22(11-9-17-29(25,27)6)12-13-23-19-24(31)20-26(32)21(23)3/h12-13,24-27,31-33H,3,7-11,14-20H2,1-2,4-6H3/b22-12?,23-13-/t24-,25?,26-,27-,29+/m1/s1. The summed E-state index contributed by atoms with van der Waals surface area (Å²) in [6.45, 7) is 15.8. The van der Waals surface area contributed by atoms with Crippen molar-refractivity contribution in [1.82, 2.24) is 0 Å². The quantitative estimate of drug-likeness (QED) is 0.372. The molecule has 0 radical (unpaired) electrons. The van der Waals surface area contributed by atoms with E-state index in [9.17, 15) is 15.3 Å². The third kappa shape index (κ3) is 5.68. The largest absolute Gasteiger partial charge is 0.393 e. The molecule has 0 heterocycles. The van der Waals surface area contributed by atoms with E-state index in [0.29, 0.717) is 30.1 Å². The Labute approximate surface area is 203 Å². The maximum atomic E-state index is 10.7. The summed E-state index contributed by atoms with van der Waals surface area (Å²) in [5.74, 6) is 1.33. The van der Waals surface area contributed by atoms with Crippen molar-refractivity contribution in [3.05, 3.63) is 35.5 Å². The van der Waals surface area contributed by atoms with Gasteiger partial charge in [0, 0.05) is 6.42 Å². The monoisotopic (exact) mass is 458 g/mol. The van der Waals surface area contributed by atoms with Crippen molar-refractivity contribution < 1.29 is 15.3 Å². The lowest BCUT2D eigenvalue weighted by molar-refractivity contribution is 0.00734. The molecule has 5 atom stereocenters. The number of hydrogen-bond donors (Lipinski definition) is 3. The molecule has 1 unspecified atom stereocenters. The minimum Gasteiger partial charge on any atom is -0.393 e. The topological polar surface area (TPSA) is 60.7 Å². The van der Waals surface area contributed by atoms with Gasteiger partial charge in [0.1, 0.15) is 0 Å². The fraction of sp³-hybridized carbons (Fsp3) is 0.800. The number of rotatable bonds is 8. The lowest BCUT2D eigenvalue weighted by Gasteiger charge is -2.48. The molecular formula is C30H50O3. The zero-order valence-corrected chi connectivity index (χ0v) is 22.0. The molecule has 3 heteroatoms. The molecule has 0 aromatic heterocycles. The Balaban J connectivity index is 1.73. The average Bonchev–Trinajstić information content (AvgIpc) is 3.13. The fourth-order valence-electron chi connectivity index (χ4n) is 7.64. The highest BCUT2D eigenvalue weighted by Crippen LogP contribution is 2.62. The molecule has 0 aromatic carbocycles. The summed E-state index contributed by atoms with van der Waals surface area (Å²) in [4.78, 5) is 0. The van der Waals surface area contributed by atoms with Crippen LogP contribution in [0.25, 0.3) is 0 Å². The highest BCUT2D eigenvalue weighted by molar-refractivity contribution is 5.38. The normalized spacial score (nSPS) is 35.9. The minimum absolute atomic E-state index is 0.276. The third-order valence-electron chi connectivity index (χ3n) is 9.95. The second-order valence-electron chi connectivity index (χ2n) is 12.4. The first-order valence-electron chi connectivity index (χ1n) is 13.6. The molecule has 3 rings (SSSR count). The van der Waals surface area contributed by atoms with Gasteiger partial charge in [-0.05, 0) is 98.0 Å². The van der Waals surface area contributed by atoms with Gasteiger partial charge in [-0.15, -0.1) is 0 Å². The Kier molecular flexibility index (Phi) is 8.40. The zero-order chi connectivity index (χ0) is 24.4. The predicted molar refractivity (Wildman–Crippen MR) is 138 cm³/mol. The molecule has 3 aliphatic carbocycles. The molecule has 0 amide bonds. The van der Waals surface area contributed by atoms with Gasteiger partial charge in [0.05, 0.1) is 17.8 Å². The van der Waals surface area contributed by atoms with E-state index < -0.39 is 17.8 Å². The molecule has 3 saturated carbocycles. The first-order chi connectivity index (χ1) is 15.5. The smallest absolute Gasteiger partial charge is 0.0811 e. The summed E-state index contributed by atoms with van der Waals surface area (Å²) in [5.41, 5.74) is 3.47. The van der Waals surface area contributed by atoms with Gasteiger partial charge in [-0.3, -0.25) is 0 Å². The van der Waals surface area contributed by atoms with Crippen LogP contribution in [0.5, 0.6) is 0 Å². The van der Waals surface area contributed by atoms with Crippen LogP contribution in [0.15, 0.2) is 35.5 Å². The van der Waals surface area contributed by atoms with Crippen LogP contribution >= 0.6 is 0 Å². The molecule has 0 spiro atoms. The molecule has 3 N–H and O–H groups in total. The zero-order valence-electron chi connectivity index (χ0n) is 22.0. The van der Waals surface area contributed by atoms with Crippen molar-refractivity contribution in [1.29, 1.82) is 0 Å². The van der Waals surface area contributed by atoms with Crippen molar-refractivity contribution in [2.75, 3.05) is 0 Å². The Bertz CT molecular complexity index is 757. The molecule has 0 aromatic rings. The SMILES string of the molecule is C=C1/C(=C\C=C2CCC[C@@]3(C)C2CC[C@@H]3C(C)(C)CCCC(O)(CC)CC)C[C@@H](O)C[C@H]1O. The van der Waals surface area contributed by atoms with Gasteiger partial charge >= 0.3 is 0 Å². The highest BCUT2D eigenvalue weighted by Gasteiger charge is 2.53. The second kappa shape index (κ2) is 10.4.